The second-order valence-corrected chi connectivity index (χ2v) is 15.8. The van der Waals surface area contributed by atoms with Crippen molar-refractivity contribution in [3.05, 3.63) is 46.6 Å². The topological polar surface area (TPSA) is 0 Å². The fraction of sp³-hybridized carbons (Fsp3) is 0.556. The molecule has 2 rings (SSSR count). The minimum atomic E-state index is -2.19. The zero-order valence-corrected chi connectivity index (χ0v) is 15.4. The van der Waals surface area contributed by atoms with Gasteiger partial charge in [0.25, 0.3) is 0 Å². The van der Waals surface area contributed by atoms with Crippen molar-refractivity contribution in [3.8, 4) is 0 Å². The van der Waals surface area contributed by atoms with E-state index in [9.17, 15) is 0 Å². The molecule has 0 fully saturated rings. The van der Waals surface area contributed by atoms with Gasteiger partial charge in [-0.25, -0.2) is 0 Å². The standard InChI is InChI=1S/2C8H11.2CH3.Ti/c2*1-6-4-7(2)8(3)5-6;;;/h2*4-5H,1-3H3;2*1H3;. The van der Waals surface area contributed by atoms with Crippen LogP contribution in [0, 0.1) is 0 Å². The zero-order valence-electron chi connectivity index (χ0n) is 13.8. The first kappa shape index (κ1) is 15.1. The van der Waals surface area contributed by atoms with E-state index < -0.39 is 16.6 Å². The van der Waals surface area contributed by atoms with Crippen LogP contribution in [0.2, 0.25) is 17.9 Å². The molecule has 0 spiro atoms. The van der Waals surface area contributed by atoms with Crippen LogP contribution in [0.3, 0.4) is 0 Å². The first-order valence-corrected chi connectivity index (χ1v) is 12.0. The average Bonchev–Trinajstić information content (AvgIpc) is 2.67. The summed E-state index contributed by atoms with van der Waals surface area (Å²) < 4.78 is 0.629. The molecule has 1 heteroatoms. The number of allylic oxidation sites excluding steroid dienone is 8. The normalized spacial score (nSPS) is 34.9. The number of hydrogen-bond donors (Lipinski definition) is 0. The molecule has 0 nitrogen and oxygen atoms in total. The van der Waals surface area contributed by atoms with E-state index in [-0.39, 0.29) is 0 Å². The molecular formula is C18H28Ti. The summed E-state index contributed by atoms with van der Waals surface area (Å²) in [6.07, 6.45) is 9.87. The van der Waals surface area contributed by atoms with Gasteiger partial charge in [-0.3, -0.25) is 0 Å². The van der Waals surface area contributed by atoms with Crippen LogP contribution in [-0.4, -0.2) is 0 Å². The van der Waals surface area contributed by atoms with Crippen molar-refractivity contribution in [2.45, 2.75) is 59.4 Å². The summed E-state index contributed by atoms with van der Waals surface area (Å²) >= 11 is -2.19. The second-order valence-electron chi connectivity index (χ2n) is 7.46. The third-order valence-electron chi connectivity index (χ3n) is 6.16. The Morgan fingerprint density at radius 2 is 1.05 bits per heavy atom. The molecule has 2 atom stereocenters. The first-order valence-electron chi connectivity index (χ1n) is 7.31. The maximum atomic E-state index is 2.61. The molecule has 0 aromatic carbocycles. The van der Waals surface area contributed by atoms with Gasteiger partial charge in [-0.1, -0.05) is 0 Å². The van der Waals surface area contributed by atoms with Gasteiger partial charge in [0.05, 0.1) is 0 Å². The molecule has 0 aliphatic heterocycles. The molecule has 0 heterocycles. The molecule has 0 amide bonds. The predicted octanol–water partition coefficient (Wildman–Crippen LogP) is 6.41. The van der Waals surface area contributed by atoms with Crippen LogP contribution in [0.15, 0.2) is 46.6 Å². The van der Waals surface area contributed by atoms with Crippen molar-refractivity contribution in [1.29, 1.82) is 0 Å². The molecule has 0 radical (unpaired) electrons. The van der Waals surface area contributed by atoms with Gasteiger partial charge in [0, 0.05) is 0 Å². The Morgan fingerprint density at radius 1 is 0.737 bits per heavy atom. The molecule has 0 aromatic rings. The van der Waals surface area contributed by atoms with Gasteiger partial charge in [0.2, 0.25) is 0 Å². The Bertz CT molecular complexity index is 494. The van der Waals surface area contributed by atoms with Crippen molar-refractivity contribution in [2.24, 2.45) is 0 Å². The van der Waals surface area contributed by atoms with E-state index in [0.29, 0.717) is 7.44 Å². The molecule has 104 valence electrons. The van der Waals surface area contributed by atoms with Crippen LogP contribution in [0.4, 0.5) is 0 Å². The summed E-state index contributed by atoms with van der Waals surface area (Å²) in [6, 6.07) is 0. The summed E-state index contributed by atoms with van der Waals surface area (Å²) in [5.41, 5.74) is 6.04. The quantitative estimate of drug-likeness (QED) is 0.516. The molecule has 0 aromatic heterocycles. The zero-order chi connectivity index (χ0) is 14.6. The van der Waals surface area contributed by atoms with Crippen molar-refractivity contribution in [3.63, 3.8) is 0 Å². The van der Waals surface area contributed by atoms with Crippen LogP contribution in [0.25, 0.3) is 0 Å². The maximum absolute atomic E-state index is 2.61. The van der Waals surface area contributed by atoms with Crippen LogP contribution < -0.4 is 0 Å². The predicted molar refractivity (Wildman–Crippen MR) is 83.5 cm³/mol. The van der Waals surface area contributed by atoms with Gasteiger partial charge in [-0.2, -0.15) is 0 Å². The Morgan fingerprint density at radius 3 is 1.26 bits per heavy atom. The summed E-state index contributed by atoms with van der Waals surface area (Å²) in [4.78, 5) is 0. The third-order valence-corrected chi connectivity index (χ3v) is 15.9. The van der Waals surface area contributed by atoms with Gasteiger partial charge < -0.3 is 0 Å². The Balaban J connectivity index is 2.57. The van der Waals surface area contributed by atoms with E-state index in [1.165, 1.54) is 11.1 Å². The van der Waals surface area contributed by atoms with Gasteiger partial charge >= 0.3 is 123 Å². The Labute approximate surface area is 122 Å². The van der Waals surface area contributed by atoms with Crippen LogP contribution >= 0.6 is 0 Å². The van der Waals surface area contributed by atoms with Gasteiger partial charge in [-0.05, 0) is 0 Å². The van der Waals surface area contributed by atoms with Gasteiger partial charge in [-0.15, -0.1) is 0 Å². The molecule has 0 bridgehead atoms. The van der Waals surface area contributed by atoms with Crippen molar-refractivity contribution in [1.82, 2.24) is 0 Å². The monoisotopic (exact) mass is 292 g/mol. The van der Waals surface area contributed by atoms with E-state index in [1.807, 2.05) is 0 Å². The average molecular weight is 292 g/mol. The van der Waals surface area contributed by atoms with Crippen LogP contribution in [0.1, 0.15) is 41.5 Å². The first-order chi connectivity index (χ1) is 8.54. The van der Waals surface area contributed by atoms with Gasteiger partial charge in [0.15, 0.2) is 0 Å². The summed E-state index contributed by atoms with van der Waals surface area (Å²) in [7, 11) is 0. The Hall–Kier alpha value is -0.326. The second kappa shape index (κ2) is 4.33. The van der Waals surface area contributed by atoms with Crippen molar-refractivity contribution < 1.29 is 16.6 Å². The van der Waals surface area contributed by atoms with E-state index in [1.54, 1.807) is 11.1 Å². The Kier molecular flexibility index (Phi) is 3.44. The molecule has 0 saturated carbocycles. The summed E-state index contributed by atoms with van der Waals surface area (Å²) in [6.45, 7) is 14.1. The molecule has 2 aliphatic carbocycles. The molecule has 0 saturated heterocycles. The van der Waals surface area contributed by atoms with E-state index in [0.717, 1.165) is 0 Å². The molecule has 2 aliphatic rings. The van der Waals surface area contributed by atoms with Crippen molar-refractivity contribution in [2.75, 3.05) is 0 Å². The molecule has 19 heavy (non-hydrogen) atoms. The number of rotatable bonds is 2. The minimum absolute atomic E-state index is 0.315. The SMILES string of the molecule is CC1=C[C](C)([Ti]([CH3])([CH3])[C]2(C)C=C(C)C=C2C)C(C)=C1. The fourth-order valence-corrected chi connectivity index (χ4v) is 10.9. The summed E-state index contributed by atoms with van der Waals surface area (Å²) in [5, 5.41) is 5.22. The van der Waals surface area contributed by atoms with Crippen LogP contribution in [-0.2, 0) is 16.6 Å². The van der Waals surface area contributed by atoms with Crippen molar-refractivity contribution >= 4 is 0 Å². The van der Waals surface area contributed by atoms with Crippen LogP contribution in [0.5, 0.6) is 0 Å². The van der Waals surface area contributed by atoms with E-state index in [4.69, 9.17) is 0 Å². The summed E-state index contributed by atoms with van der Waals surface area (Å²) in [5.74, 6) is 0. The molecule has 2 unspecified atom stereocenters. The van der Waals surface area contributed by atoms with Gasteiger partial charge in [0.1, 0.15) is 0 Å². The van der Waals surface area contributed by atoms with E-state index >= 15 is 0 Å². The third kappa shape index (κ3) is 1.91. The fourth-order valence-electron chi connectivity index (χ4n) is 4.09. The van der Waals surface area contributed by atoms with E-state index in [2.05, 4.69) is 76.3 Å². The molecular weight excluding hydrogens is 264 g/mol. The molecule has 0 N–H and O–H groups in total. The number of hydrogen-bond acceptors (Lipinski definition) is 0.